The van der Waals surface area contributed by atoms with Crippen LogP contribution in [0.15, 0.2) is 6.33 Å². The highest BCUT2D eigenvalue weighted by Gasteiger charge is 2.40. The lowest BCUT2D eigenvalue weighted by Gasteiger charge is -2.14. The van der Waals surface area contributed by atoms with Gasteiger partial charge in [0.1, 0.15) is 6.54 Å². The molecular weight excluding hydrogens is 284 g/mol. The third-order valence-corrected chi connectivity index (χ3v) is 2.58. The number of alkyl halides is 2. The highest BCUT2D eigenvalue weighted by molar-refractivity contribution is 7.98. The van der Waals surface area contributed by atoms with Crippen LogP contribution in [0, 0.1) is 10.1 Å². The number of nitro groups is 1. The molecule has 1 heterocycles. The second-order valence-corrected chi connectivity index (χ2v) is 4.44. The standard InChI is InChI=1S/C8H11F2N5O3S/c1-19-3-2-11-6(16)8(9,10)4-14-5-12-7(13-14)15(17)18/h5H,2-4H2,1H3,(H,11,16). The smallest absolute Gasteiger partial charge is 0.390 e. The van der Waals surface area contributed by atoms with Crippen LogP contribution < -0.4 is 5.32 Å². The Morgan fingerprint density at radius 2 is 2.37 bits per heavy atom. The zero-order valence-corrected chi connectivity index (χ0v) is 10.7. The highest BCUT2D eigenvalue weighted by Crippen LogP contribution is 2.16. The van der Waals surface area contributed by atoms with Crippen LogP contribution in [0.2, 0.25) is 0 Å². The van der Waals surface area contributed by atoms with Crippen molar-refractivity contribution in [2.45, 2.75) is 12.5 Å². The van der Waals surface area contributed by atoms with E-state index >= 15 is 0 Å². The monoisotopic (exact) mass is 295 g/mol. The summed E-state index contributed by atoms with van der Waals surface area (Å²) in [5, 5.41) is 15.6. The third kappa shape index (κ3) is 4.43. The Balaban J connectivity index is 2.61. The molecule has 0 saturated heterocycles. The number of halogens is 2. The van der Waals surface area contributed by atoms with Crippen molar-refractivity contribution in [3.8, 4) is 0 Å². The third-order valence-electron chi connectivity index (χ3n) is 1.97. The second kappa shape index (κ2) is 6.41. The van der Waals surface area contributed by atoms with Gasteiger partial charge in [0.15, 0.2) is 0 Å². The van der Waals surface area contributed by atoms with Crippen molar-refractivity contribution in [3.05, 3.63) is 16.4 Å². The van der Waals surface area contributed by atoms with Gasteiger partial charge in [-0.3, -0.25) is 4.79 Å². The minimum absolute atomic E-state index is 0.118. The number of nitrogens with zero attached hydrogens (tertiary/aromatic N) is 4. The second-order valence-electron chi connectivity index (χ2n) is 3.45. The van der Waals surface area contributed by atoms with Gasteiger partial charge >= 0.3 is 11.9 Å². The summed E-state index contributed by atoms with van der Waals surface area (Å²) in [5.41, 5.74) is 0. The van der Waals surface area contributed by atoms with E-state index < -0.39 is 29.2 Å². The normalized spacial score (nSPS) is 11.3. The van der Waals surface area contributed by atoms with Crippen LogP contribution in [0.4, 0.5) is 14.7 Å². The largest absolute Gasteiger partial charge is 0.490 e. The summed E-state index contributed by atoms with van der Waals surface area (Å²) in [7, 11) is 0. The molecule has 0 spiro atoms. The molecule has 0 aliphatic heterocycles. The van der Waals surface area contributed by atoms with Crippen molar-refractivity contribution >= 4 is 23.6 Å². The van der Waals surface area contributed by atoms with Gasteiger partial charge in [0, 0.05) is 17.4 Å². The minimum Gasteiger partial charge on any atom is -0.390 e. The minimum atomic E-state index is -3.71. The number of hydrogen-bond acceptors (Lipinski definition) is 6. The molecule has 1 N–H and O–H groups in total. The summed E-state index contributed by atoms with van der Waals surface area (Å²) in [6, 6.07) is 0. The van der Waals surface area contributed by atoms with E-state index in [0.29, 0.717) is 10.4 Å². The Morgan fingerprint density at radius 1 is 1.68 bits per heavy atom. The van der Waals surface area contributed by atoms with Crippen molar-refractivity contribution < 1.29 is 18.5 Å². The fourth-order valence-corrected chi connectivity index (χ4v) is 1.42. The number of amides is 1. The van der Waals surface area contributed by atoms with E-state index in [9.17, 15) is 23.7 Å². The average Bonchev–Trinajstić information content (AvgIpc) is 2.77. The molecular formula is C8H11F2N5O3S. The van der Waals surface area contributed by atoms with Crippen molar-refractivity contribution in [2.75, 3.05) is 18.6 Å². The number of rotatable bonds is 7. The topological polar surface area (TPSA) is 103 Å². The fourth-order valence-electron chi connectivity index (χ4n) is 1.12. The molecule has 0 radical (unpaired) electrons. The molecule has 1 amide bonds. The number of hydrogen-bond donors (Lipinski definition) is 1. The number of aromatic nitrogens is 3. The fraction of sp³-hybridized carbons (Fsp3) is 0.625. The molecule has 1 aromatic heterocycles. The summed E-state index contributed by atoms with van der Waals surface area (Å²) in [6.07, 6.45) is 2.56. The lowest BCUT2D eigenvalue weighted by molar-refractivity contribution is -0.394. The molecule has 1 rings (SSSR count). The van der Waals surface area contributed by atoms with Gasteiger partial charge in [-0.2, -0.15) is 25.2 Å². The Morgan fingerprint density at radius 3 is 2.89 bits per heavy atom. The molecule has 11 heteroatoms. The van der Waals surface area contributed by atoms with Crippen molar-refractivity contribution in [3.63, 3.8) is 0 Å². The van der Waals surface area contributed by atoms with Gasteiger partial charge in [-0.25, -0.2) is 0 Å². The Kier molecular flexibility index (Phi) is 5.15. The van der Waals surface area contributed by atoms with E-state index in [-0.39, 0.29) is 6.54 Å². The average molecular weight is 295 g/mol. The van der Waals surface area contributed by atoms with Gasteiger partial charge in [-0.05, 0) is 11.2 Å². The Labute approximate surface area is 110 Å². The van der Waals surface area contributed by atoms with Crippen molar-refractivity contribution in [1.29, 1.82) is 0 Å². The van der Waals surface area contributed by atoms with E-state index in [4.69, 9.17) is 0 Å². The van der Waals surface area contributed by atoms with Gasteiger partial charge in [0.05, 0.1) is 0 Å². The molecule has 106 valence electrons. The summed E-state index contributed by atoms with van der Waals surface area (Å²) in [4.78, 5) is 23.8. The van der Waals surface area contributed by atoms with E-state index in [1.165, 1.54) is 11.8 Å². The molecule has 0 atom stereocenters. The van der Waals surface area contributed by atoms with Gasteiger partial charge in [0.2, 0.25) is 6.33 Å². The number of thioether (sulfide) groups is 1. The predicted octanol–water partition coefficient (Wildman–Crippen LogP) is 0.301. The van der Waals surface area contributed by atoms with Gasteiger partial charge in [0.25, 0.3) is 5.91 Å². The quantitative estimate of drug-likeness (QED) is 0.441. The van der Waals surface area contributed by atoms with Gasteiger partial charge in [-0.15, -0.1) is 0 Å². The maximum atomic E-state index is 13.5. The van der Waals surface area contributed by atoms with Gasteiger partial charge < -0.3 is 15.4 Å². The van der Waals surface area contributed by atoms with Crippen LogP contribution in [0.1, 0.15) is 0 Å². The Bertz CT molecular complexity index is 467. The Hall–Kier alpha value is -1.78. The summed E-state index contributed by atoms with van der Waals surface area (Å²) in [5.74, 6) is -5.44. The van der Waals surface area contributed by atoms with E-state index in [1.54, 1.807) is 6.26 Å². The first-order valence-corrected chi connectivity index (χ1v) is 6.45. The van der Waals surface area contributed by atoms with Crippen LogP contribution in [-0.4, -0.2) is 50.1 Å². The van der Waals surface area contributed by atoms with E-state index in [1.807, 2.05) is 0 Å². The van der Waals surface area contributed by atoms with E-state index in [0.717, 1.165) is 6.33 Å². The first-order valence-electron chi connectivity index (χ1n) is 5.05. The van der Waals surface area contributed by atoms with Crippen LogP contribution in [0.5, 0.6) is 0 Å². The summed E-state index contributed by atoms with van der Waals surface area (Å²) < 4.78 is 27.5. The summed E-state index contributed by atoms with van der Waals surface area (Å²) >= 11 is 1.40. The molecule has 19 heavy (non-hydrogen) atoms. The predicted molar refractivity (Wildman–Crippen MR) is 63.0 cm³/mol. The molecule has 0 bridgehead atoms. The SMILES string of the molecule is CSCCNC(=O)C(F)(F)Cn1cnc([N+](=O)[O-])n1. The number of carbonyl (C=O) groups is 1. The molecule has 8 nitrogen and oxygen atoms in total. The molecule has 0 aliphatic rings. The van der Waals surface area contributed by atoms with Crippen molar-refractivity contribution in [2.24, 2.45) is 0 Å². The molecule has 0 aromatic carbocycles. The maximum absolute atomic E-state index is 13.5. The molecule has 0 fully saturated rings. The van der Waals surface area contributed by atoms with Crippen LogP contribution in [0.3, 0.4) is 0 Å². The lowest BCUT2D eigenvalue weighted by Crippen LogP contribution is -2.43. The van der Waals surface area contributed by atoms with Gasteiger partial charge in [-0.1, -0.05) is 4.98 Å². The highest BCUT2D eigenvalue weighted by atomic mass is 32.2. The molecule has 0 aliphatic carbocycles. The molecule has 0 saturated carbocycles. The summed E-state index contributed by atoms with van der Waals surface area (Å²) in [6.45, 7) is -0.980. The number of nitrogens with one attached hydrogen (secondary N) is 1. The maximum Gasteiger partial charge on any atom is 0.490 e. The van der Waals surface area contributed by atoms with Crippen LogP contribution in [0.25, 0.3) is 0 Å². The van der Waals surface area contributed by atoms with E-state index in [2.05, 4.69) is 15.4 Å². The van der Waals surface area contributed by atoms with Crippen molar-refractivity contribution in [1.82, 2.24) is 20.1 Å². The lowest BCUT2D eigenvalue weighted by atomic mass is 10.3. The molecule has 1 aromatic rings. The first kappa shape index (κ1) is 15.3. The van der Waals surface area contributed by atoms with Crippen LogP contribution >= 0.6 is 11.8 Å². The zero-order chi connectivity index (χ0) is 14.5. The molecule has 0 unspecified atom stereocenters. The zero-order valence-electron chi connectivity index (χ0n) is 9.88. The number of carbonyl (C=O) groups excluding carboxylic acids is 1. The first-order chi connectivity index (χ1) is 8.86. The van der Waals surface area contributed by atoms with Crippen LogP contribution in [-0.2, 0) is 11.3 Å².